The van der Waals surface area contributed by atoms with Gasteiger partial charge in [-0.2, -0.15) is 0 Å². The van der Waals surface area contributed by atoms with Crippen LogP contribution in [0.2, 0.25) is 0 Å². The summed E-state index contributed by atoms with van der Waals surface area (Å²) in [6.45, 7) is 1.90. The number of hydrogen-bond acceptors (Lipinski definition) is 3. The molecule has 1 aliphatic rings. The van der Waals surface area contributed by atoms with Crippen molar-refractivity contribution in [1.29, 1.82) is 0 Å². The summed E-state index contributed by atoms with van der Waals surface area (Å²) < 4.78 is 0. The fraction of sp³-hybridized carbons (Fsp3) is 0.455. The summed E-state index contributed by atoms with van der Waals surface area (Å²) in [7, 11) is 0. The molecular weight excluding hydrogens is 204 g/mol. The summed E-state index contributed by atoms with van der Waals surface area (Å²) in [5.41, 5.74) is 0.760. The fourth-order valence-electron chi connectivity index (χ4n) is 1.76. The van der Waals surface area contributed by atoms with Crippen molar-refractivity contribution in [2.75, 3.05) is 18.4 Å². The van der Waals surface area contributed by atoms with Gasteiger partial charge in [0.05, 0.1) is 0 Å². The molecule has 86 valence electrons. The molecule has 0 radical (unpaired) electrons. The number of urea groups is 1. The first-order valence-corrected chi connectivity index (χ1v) is 5.53. The topological polar surface area (TPSA) is 66.0 Å². The molecule has 0 spiro atoms. The van der Waals surface area contributed by atoms with Gasteiger partial charge < -0.3 is 16.0 Å². The van der Waals surface area contributed by atoms with E-state index in [0.717, 1.165) is 31.6 Å². The summed E-state index contributed by atoms with van der Waals surface area (Å²) >= 11 is 0. The van der Waals surface area contributed by atoms with Gasteiger partial charge in [0.15, 0.2) is 0 Å². The second-order valence-electron chi connectivity index (χ2n) is 3.88. The van der Waals surface area contributed by atoms with E-state index in [1.54, 1.807) is 24.5 Å². The van der Waals surface area contributed by atoms with Crippen molar-refractivity contribution in [3.8, 4) is 0 Å². The Hall–Kier alpha value is -1.62. The van der Waals surface area contributed by atoms with Crippen LogP contribution in [0, 0.1) is 0 Å². The van der Waals surface area contributed by atoms with Crippen LogP contribution in [0.4, 0.5) is 10.5 Å². The van der Waals surface area contributed by atoms with E-state index in [4.69, 9.17) is 0 Å². The summed E-state index contributed by atoms with van der Waals surface area (Å²) in [6.07, 6.45) is 5.45. The molecule has 0 aromatic carbocycles. The van der Waals surface area contributed by atoms with Gasteiger partial charge >= 0.3 is 6.03 Å². The van der Waals surface area contributed by atoms with E-state index in [0.29, 0.717) is 0 Å². The van der Waals surface area contributed by atoms with E-state index >= 15 is 0 Å². The average molecular weight is 220 g/mol. The lowest BCUT2D eigenvalue weighted by molar-refractivity contribution is 0.245. The highest BCUT2D eigenvalue weighted by atomic mass is 16.2. The normalized spacial score (nSPS) is 20.1. The van der Waals surface area contributed by atoms with Crippen molar-refractivity contribution in [3.05, 3.63) is 24.5 Å². The summed E-state index contributed by atoms with van der Waals surface area (Å²) in [4.78, 5) is 15.5. The van der Waals surface area contributed by atoms with Crippen LogP contribution in [0.1, 0.15) is 12.8 Å². The molecule has 2 heterocycles. The Labute approximate surface area is 94.6 Å². The zero-order valence-corrected chi connectivity index (χ0v) is 9.07. The summed E-state index contributed by atoms with van der Waals surface area (Å²) in [6, 6.07) is 3.60. The molecule has 5 nitrogen and oxygen atoms in total. The maximum atomic E-state index is 11.6. The van der Waals surface area contributed by atoms with Gasteiger partial charge in [0.1, 0.15) is 0 Å². The molecule has 2 rings (SSSR count). The molecular formula is C11H16N4O. The number of amides is 2. The van der Waals surface area contributed by atoms with Gasteiger partial charge in [-0.05, 0) is 31.5 Å². The van der Waals surface area contributed by atoms with Crippen molar-refractivity contribution >= 4 is 11.7 Å². The third-order valence-electron chi connectivity index (χ3n) is 2.57. The van der Waals surface area contributed by atoms with E-state index in [2.05, 4.69) is 20.9 Å². The van der Waals surface area contributed by atoms with Crippen LogP contribution in [0.15, 0.2) is 24.5 Å². The van der Waals surface area contributed by atoms with Crippen molar-refractivity contribution in [2.24, 2.45) is 0 Å². The van der Waals surface area contributed by atoms with Crippen LogP contribution in [0.5, 0.6) is 0 Å². The molecule has 3 N–H and O–H groups in total. The lowest BCUT2D eigenvalue weighted by Crippen LogP contribution is -2.47. The number of hydrogen-bond donors (Lipinski definition) is 3. The van der Waals surface area contributed by atoms with E-state index in [1.807, 2.05) is 0 Å². The molecule has 1 aromatic heterocycles. The number of carbonyl (C=O) groups excluding carboxylic acids is 1. The van der Waals surface area contributed by atoms with Crippen LogP contribution in [-0.4, -0.2) is 30.1 Å². The zero-order valence-electron chi connectivity index (χ0n) is 9.07. The maximum absolute atomic E-state index is 11.6. The van der Waals surface area contributed by atoms with Gasteiger partial charge in [0, 0.05) is 30.7 Å². The Morgan fingerprint density at radius 2 is 2.25 bits per heavy atom. The predicted octanol–water partition coefficient (Wildman–Crippen LogP) is 0.955. The average Bonchev–Trinajstić information content (AvgIpc) is 2.31. The Kier molecular flexibility index (Phi) is 3.71. The predicted molar refractivity (Wildman–Crippen MR) is 62.3 cm³/mol. The first-order chi connectivity index (χ1) is 7.84. The van der Waals surface area contributed by atoms with Gasteiger partial charge in [-0.3, -0.25) is 4.98 Å². The SMILES string of the molecule is O=C(Nc1ccncc1)NC1CCCNC1. The minimum Gasteiger partial charge on any atom is -0.334 e. The zero-order chi connectivity index (χ0) is 11.2. The number of rotatable bonds is 2. The molecule has 1 fully saturated rings. The number of nitrogens with zero attached hydrogens (tertiary/aromatic N) is 1. The van der Waals surface area contributed by atoms with Crippen LogP contribution < -0.4 is 16.0 Å². The molecule has 5 heteroatoms. The number of piperidine rings is 1. The highest BCUT2D eigenvalue weighted by Crippen LogP contribution is 2.04. The number of pyridine rings is 1. The number of anilines is 1. The molecule has 0 bridgehead atoms. The largest absolute Gasteiger partial charge is 0.334 e. The lowest BCUT2D eigenvalue weighted by Gasteiger charge is -2.23. The molecule has 0 aliphatic carbocycles. The Morgan fingerprint density at radius 3 is 2.94 bits per heavy atom. The van der Waals surface area contributed by atoms with Crippen LogP contribution >= 0.6 is 0 Å². The van der Waals surface area contributed by atoms with Gasteiger partial charge in [0.2, 0.25) is 0 Å². The Balaban J connectivity index is 1.80. The quantitative estimate of drug-likeness (QED) is 0.695. The third-order valence-corrected chi connectivity index (χ3v) is 2.57. The molecule has 1 unspecified atom stereocenters. The third kappa shape index (κ3) is 3.20. The second-order valence-corrected chi connectivity index (χ2v) is 3.88. The molecule has 2 amide bonds. The Morgan fingerprint density at radius 1 is 1.44 bits per heavy atom. The standard InChI is InChI=1S/C11H16N4O/c16-11(14-9-3-6-12-7-4-9)15-10-2-1-5-13-8-10/h3-4,6-7,10,13H,1-2,5,8H2,(H2,12,14,15,16). The van der Waals surface area contributed by atoms with Crippen molar-refractivity contribution < 1.29 is 4.79 Å². The van der Waals surface area contributed by atoms with Crippen LogP contribution in [0.3, 0.4) is 0 Å². The van der Waals surface area contributed by atoms with Gasteiger partial charge in [-0.1, -0.05) is 0 Å². The Bertz CT molecular complexity index is 335. The highest BCUT2D eigenvalue weighted by Gasteiger charge is 2.14. The summed E-state index contributed by atoms with van der Waals surface area (Å²) in [5.74, 6) is 0. The molecule has 0 saturated carbocycles. The molecule has 16 heavy (non-hydrogen) atoms. The van der Waals surface area contributed by atoms with Crippen LogP contribution in [-0.2, 0) is 0 Å². The fourth-order valence-corrected chi connectivity index (χ4v) is 1.76. The minimum absolute atomic E-state index is 0.153. The van der Waals surface area contributed by atoms with Crippen molar-refractivity contribution in [3.63, 3.8) is 0 Å². The van der Waals surface area contributed by atoms with E-state index < -0.39 is 0 Å². The van der Waals surface area contributed by atoms with Crippen LogP contribution in [0.25, 0.3) is 0 Å². The van der Waals surface area contributed by atoms with Gasteiger partial charge in [-0.15, -0.1) is 0 Å². The first kappa shape index (κ1) is 10.9. The molecule has 1 aromatic rings. The first-order valence-electron chi connectivity index (χ1n) is 5.53. The maximum Gasteiger partial charge on any atom is 0.319 e. The smallest absolute Gasteiger partial charge is 0.319 e. The number of carbonyl (C=O) groups is 1. The van der Waals surface area contributed by atoms with E-state index in [9.17, 15) is 4.79 Å². The molecule has 1 atom stereocenters. The van der Waals surface area contributed by atoms with Crippen molar-refractivity contribution in [1.82, 2.24) is 15.6 Å². The minimum atomic E-state index is -0.153. The second kappa shape index (κ2) is 5.46. The number of nitrogens with one attached hydrogen (secondary N) is 3. The molecule has 1 aliphatic heterocycles. The van der Waals surface area contributed by atoms with E-state index in [-0.39, 0.29) is 12.1 Å². The summed E-state index contributed by atoms with van der Waals surface area (Å²) in [5, 5.41) is 8.96. The van der Waals surface area contributed by atoms with E-state index in [1.165, 1.54) is 0 Å². The lowest BCUT2D eigenvalue weighted by atomic mass is 10.1. The van der Waals surface area contributed by atoms with Gasteiger partial charge in [0.25, 0.3) is 0 Å². The van der Waals surface area contributed by atoms with Gasteiger partial charge in [-0.25, -0.2) is 4.79 Å². The van der Waals surface area contributed by atoms with Crippen molar-refractivity contribution in [2.45, 2.75) is 18.9 Å². The molecule has 1 saturated heterocycles. The number of aromatic nitrogens is 1. The monoisotopic (exact) mass is 220 g/mol. The highest BCUT2D eigenvalue weighted by molar-refractivity contribution is 5.89.